The monoisotopic (exact) mass is 536 g/mol. The average Bonchev–Trinajstić information content (AvgIpc) is 3.68. The Balaban J connectivity index is 1.73. The van der Waals surface area contributed by atoms with E-state index in [-0.39, 0.29) is 68.0 Å². The molecule has 0 unspecified atom stereocenters. The second-order valence-corrected chi connectivity index (χ2v) is 8.48. The van der Waals surface area contributed by atoms with Gasteiger partial charge in [0.2, 0.25) is 0 Å². The average molecular weight is 537 g/mol. The van der Waals surface area contributed by atoms with Gasteiger partial charge in [-0.05, 0) is 41.9 Å². The smallest absolute Gasteiger partial charge is 0.277 e. The number of nitrogens with zero attached hydrogens (tertiary/aromatic N) is 11. The van der Waals surface area contributed by atoms with Gasteiger partial charge in [-0.25, -0.2) is 4.98 Å². The van der Waals surface area contributed by atoms with E-state index in [1.54, 1.807) is 0 Å². The van der Waals surface area contributed by atoms with Gasteiger partial charge in [-0.1, -0.05) is 20.5 Å². The van der Waals surface area contributed by atoms with Gasteiger partial charge in [0.15, 0.2) is 11.6 Å². The van der Waals surface area contributed by atoms with Crippen LogP contribution < -0.4 is 10.6 Å². The first-order chi connectivity index (χ1) is 18.9. The number of hydrogen-bond donors (Lipinski definition) is 3. The molecule has 18 heteroatoms. The normalized spacial score (nSPS) is 16.8. The van der Waals surface area contributed by atoms with Crippen LogP contribution in [0, 0.1) is 10.3 Å². The van der Waals surface area contributed by atoms with Gasteiger partial charge in [0, 0.05) is 45.0 Å². The van der Waals surface area contributed by atoms with E-state index in [4.69, 9.17) is 31.2 Å². The summed E-state index contributed by atoms with van der Waals surface area (Å²) in [4.78, 5) is 36.4. The van der Waals surface area contributed by atoms with Crippen LogP contribution in [0.2, 0.25) is 0 Å². The van der Waals surface area contributed by atoms with E-state index >= 15 is 0 Å². The van der Waals surface area contributed by atoms with Crippen LogP contribution in [0.15, 0.2) is 66.6 Å². The third-order valence-corrected chi connectivity index (χ3v) is 5.64. The third kappa shape index (κ3) is 8.10. The SMILES string of the molecule is [N-]=[N+]=NCCOC1=CC(=N)/C(=C\NCCC(CN=[N+]=[N-])(CN=[N+]=[N-])N=O)C=C1NC(=O)c1coc(C2CC2)n1. The molecule has 0 atom stereocenters. The Hall–Kier alpha value is -5.30. The van der Waals surface area contributed by atoms with Crippen molar-refractivity contribution in [1.82, 2.24) is 15.6 Å². The Bertz CT molecular complexity index is 1320. The zero-order chi connectivity index (χ0) is 28.1. The van der Waals surface area contributed by atoms with Crippen molar-refractivity contribution in [3.63, 3.8) is 0 Å². The molecule has 0 saturated heterocycles. The van der Waals surface area contributed by atoms with Crippen molar-refractivity contribution >= 4 is 11.6 Å². The molecule has 1 saturated carbocycles. The maximum atomic E-state index is 12.8. The summed E-state index contributed by atoms with van der Waals surface area (Å²) >= 11 is 0. The van der Waals surface area contributed by atoms with Crippen LogP contribution in [0.5, 0.6) is 0 Å². The van der Waals surface area contributed by atoms with E-state index in [0.717, 1.165) is 12.8 Å². The molecule has 3 N–H and O–H groups in total. The zero-order valence-electron chi connectivity index (χ0n) is 20.6. The number of rotatable bonds is 16. The minimum Gasteiger partial charge on any atom is -0.491 e. The molecule has 1 aromatic rings. The number of amides is 1. The molecule has 39 heavy (non-hydrogen) atoms. The Labute approximate surface area is 220 Å². The molecule has 0 aromatic carbocycles. The highest BCUT2D eigenvalue weighted by Crippen LogP contribution is 2.39. The van der Waals surface area contributed by atoms with E-state index in [1.165, 1.54) is 24.6 Å². The standard InChI is InChI=1S/C21H24N14O4/c22-15-8-18(38-6-5-27-33-23)16(30-19(36)17-10-39-20(31-17)13-1-2-13)7-14(15)9-26-4-3-21(32-37,11-28-34-24)12-29-35-25/h7-10,13,22,26H,1-6,11-12H2,(H,30,36)/b14-9-,22-15?. The van der Waals surface area contributed by atoms with Gasteiger partial charge >= 0.3 is 0 Å². The number of allylic oxidation sites excluding steroid dienone is 3. The molecule has 0 bridgehead atoms. The van der Waals surface area contributed by atoms with Crippen LogP contribution in [0.1, 0.15) is 41.6 Å². The number of carbonyl (C=O) groups excluding carboxylic acids is 1. The largest absolute Gasteiger partial charge is 0.491 e. The third-order valence-electron chi connectivity index (χ3n) is 5.64. The summed E-state index contributed by atoms with van der Waals surface area (Å²) < 4.78 is 11.0. The number of hydrogen-bond acceptors (Lipinski definition) is 11. The quantitative estimate of drug-likeness (QED) is 0.0903. The lowest BCUT2D eigenvalue weighted by molar-refractivity contribution is 0.0956. The van der Waals surface area contributed by atoms with Gasteiger partial charge in [0.05, 0.1) is 37.6 Å². The summed E-state index contributed by atoms with van der Waals surface area (Å²) in [5, 5.41) is 27.2. The number of ether oxygens (including phenoxy) is 1. The molecule has 2 aliphatic rings. The fourth-order valence-corrected chi connectivity index (χ4v) is 3.40. The van der Waals surface area contributed by atoms with Crippen molar-refractivity contribution in [2.45, 2.75) is 30.7 Å². The molecule has 0 aliphatic heterocycles. The fraction of sp³-hybridized carbons (Fsp3) is 0.476. The van der Waals surface area contributed by atoms with Crippen LogP contribution in [0.3, 0.4) is 0 Å². The lowest BCUT2D eigenvalue weighted by Crippen LogP contribution is -2.36. The number of aromatic nitrogens is 1. The van der Waals surface area contributed by atoms with Crippen molar-refractivity contribution in [2.24, 2.45) is 20.5 Å². The van der Waals surface area contributed by atoms with Crippen LogP contribution >= 0.6 is 0 Å². The van der Waals surface area contributed by atoms with Crippen molar-refractivity contribution in [3.05, 3.63) is 89.5 Å². The molecule has 2 aliphatic carbocycles. The Kier molecular flexibility index (Phi) is 10.0. The molecule has 1 amide bonds. The van der Waals surface area contributed by atoms with E-state index in [1.807, 2.05) is 0 Å². The molecule has 3 rings (SSSR count). The number of nitroso groups, excluding NO2 is 1. The van der Waals surface area contributed by atoms with E-state index in [0.29, 0.717) is 11.5 Å². The highest BCUT2D eigenvalue weighted by Gasteiger charge is 2.31. The Morgan fingerprint density at radius 3 is 2.56 bits per heavy atom. The second-order valence-electron chi connectivity index (χ2n) is 8.48. The lowest BCUT2D eigenvalue weighted by atomic mass is 9.96. The van der Waals surface area contributed by atoms with Gasteiger partial charge < -0.3 is 25.2 Å². The van der Waals surface area contributed by atoms with Crippen LogP contribution in [-0.2, 0) is 4.74 Å². The molecule has 1 fully saturated rings. The minimum atomic E-state index is -1.43. The zero-order valence-corrected chi connectivity index (χ0v) is 20.6. The van der Waals surface area contributed by atoms with Crippen molar-refractivity contribution in [2.75, 3.05) is 32.8 Å². The summed E-state index contributed by atoms with van der Waals surface area (Å²) in [6.45, 7) is -0.374. The molecule has 0 radical (unpaired) electrons. The molecule has 1 heterocycles. The first-order valence-electron chi connectivity index (χ1n) is 11.7. The van der Waals surface area contributed by atoms with Crippen molar-refractivity contribution in [1.29, 1.82) is 5.41 Å². The first-order valence-corrected chi connectivity index (χ1v) is 11.7. The Morgan fingerprint density at radius 2 is 1.92 bits per heavy atom. The van der Waals surface area contributed by atoms with Gasteiger partial charge in [-0.2, -0.15) is 4.91 Å². The number of oxazole rings is 1. The maximum Gasteiger partial charge on any atom is 0.277 e. The highest BCUT2D eigenvalue weighted by molar-refractivity contribution is 6.10. The Morgan fingerprint density at radius 1 is 1.21 bits per heavy atom. The summed E-state index contributed by atoms with van der Waals surface area (Å²) in [7, 11) is 0. The molecular formula is C21H24N14O4. The molecular weight excluding hydrogens is 512 g/mol. The van der Waals surface area contributed by atoms with Crippen molar-refractivity contribution in [3.8, 4) is 0 Å². The van der Waals surface area contributed by atoms with E-state index in [9.17, 15) is 9.70 Å². The van der Waals surface area contributed by atoms with Crippen LogP contribution in [0.4, 0.5) is 0 Å². The first kappa shape index (κ1) is 28.3. The number of nitrogens with one attached hydrogen (secondary N) is 3. The van der Waals surface area contributed by atoms with Gasteiger partial charge in [-0.3, -0.25) is 4.79 Å². The maximum absolute atomic E-state index is 12.8. The molecule has 0 spiro atoms. The number of carbonyl (C=O) groups is 1. The predicted molar refractivity (Wildman–Crippen MR) is 137 cm³/mol. The van der Waals surface area contributed by atoms with Crippen molar-refractivity contribution < 1.29 is 13.9 Å². The van der Waals surface area contributed by atoms with E-state index in [2.05, 4.69) is 50.9 Å². The topological polar surface area (TPSA) is 276 Å². The van der Waals surface area contributed by atoms with Crippen LogP contribution in [0.25, 0.3) is 31.3 Å². The highest BCUT2D eigenvalue weighted by atomic mass is 16.5. The summed E-state index contributed by atoms with van der Waals surface area (Å²) in [6, 6.07) is 0. The van der Waals surface area contributed by atoms with Gasteiger partial charge in [0.1, 0.15) is 17.6 Å². The van der Waals surface area contributed by atoms with Crippen LogP contribution in [-0.4, -0.2) is 54.9 Å². The predicted octanol–water partition coefficient (Wildman–Crippen LogP) is 4.40. The fourth-order valence-electron chi connectivity index (χ4n) is 3.40. The van der Waals surface area contributed by atoms with Gasteiger partial charge in [-0.15, -0.1) is 0 Å². The van der Waals surface area contributed by atoms with Gasteiger partial charge in [0.25, 0.3) is 5.91 Å². The molecule has 18 nitrogen and oxygen atoms in total. The molecule has 202 valence electrons. The second kappa shape index (κ2) is 13.9. The summed E-state index contributed by atoms with van der Waals surface area (Å²) in [5.41, 5.74) is 25.0. The van der Waals surface area contributed by atoms with E-state index < -0.39 is 11.4 Å². The summed E-state index contributed by atoms with van der Waals surface area (Å²) in [6.07, 6.45) is 7.64. The summed E-state index contributed by atoms with van der Waals surface area (Å²) in [5.74, 6) is 0.373. The molecule has 1 aromatic heterocycles. The number of azide groups is 3. The minimum absolute atomic E-state index is 0.0145. The lowest BCUT2D eigenvalue weighted by Gasteiger charge is -2.22.